The highest BCUT2D eigenvalue weighted by Crippen LogP contribution is 2.35. The molecule has 0 spiro atoms. The average molecular weight is 419 g/mol. The molecule has 1 aliphatic heterocycles. The number of hydrogen-bond acceptors (Lipinski definition) is 5. The maximum Gasteiger partial charge on any atom is 0.225 e. The number of fused-ring (bicyclic) bond motifs is 1. The van der Waals surface area contributed by atoms with E-state index in [9.17, 15) is 4.39 Å². The predicted octanol–water partition coefficient (Wildman–Crippen LogP) is 3.53. The van der Waals surface area contributed by atoms with Crippen molar-refractivity contribution in [1.29, 1.82) is 5.26 Å². The van der Waals surface area contributed by atoms with Crippen molar-refractivity contribution in [2.45, 2.75) is 12.5 Å². The van der Waals surface area contributed by atoms with Gasteiger partial charge in [-0.1, -0.05) is 11.6 Å². The minimum atomic E-state index is -0.568. The van der Waals surface area contributed by atoms with Crippen molar-refractivity contribution in [1.82, 2.24) is 15.3 Å². The number of anilines is 1. The van der Waals surface area contributed by atoms with Gasteiger partial charge in [-0.25, -0.2) is 9.37 Å². The minimum absolute atomic E-state index is 0.0216. The maximum atomic E-state index is 14.4. The van der Waals surface area contributed by atoms with Crippen LogP contribution in [0.1, 0.15) is 6.42 Å². The van der Waals surface area contributed by atoms with E-state index in [-0.39, 0.29) is 26.3 Å². The second kappa shape index (κ2) is 6.73. The Hall–Kier alpha value is -1.20. The monoisotopic (exact) mass is 417 g/mol. The molecule has 2 aromatic rings. The average Bonchev–Trinajstić information content (AvgIpc) is 2.54. The van der Waals surface area contributed by atoms with E-state index < -0.39 is 5.82 Å². The second-order valence-electron chi connectivity index (χ2n) is 5.16. The number of halogens is 4. The normalized spacial score (nSPS) is 18.2. The SMILES string of the molecule is N#CCC1CN(c2nc(Cl)nc3c(F)c(Br)c(Cl)cc23)CCN1. The fourth-order valence-corrected chi connectivity index (χ4v) is 3.29. The zero-order chi connectivity index (χ0) is 16.6. The summed E-state index contributed by atoms with van der Waals surface area (Å²) in [5, 5.41) is 12.8. The summed E-state index contributed by atoms with van der Waals surface area (Å²) in [5.41, 5.74) is 0.117. The Balaban J connectivity index is 2.12. The number of nitrogens with zero attached hydrogens (tertiary/aromatic N) is 4. The van der Waals surface area contributed by atoms with Gasteiger partial charge in [-0.15, -0.1) is 0 Å². The van der Waals surface area contributed by atoms with Crippen LogP contribution in [0.5, 0.6) is 0 Å². The van der Waals surface area contributed by atoms with Crippen LogP contribution in [0.4, 0.5) is 10.2 Å². The van der Waals surface area contributed by atoms with Gasteiger partial charge in [0.15, 0.2) is 5.82 Å². The van der Waals surface area contributed by atoms with Crippen LogP contribution >= 0.6 is 39.1 Å². The zero-order valence-electron chi connectivity index (χ0n) is 11.8. The molecule has 1 aliphatic rings. The van der Waals surface area contributed by atoms with Crippen LogP contribution in [0.2, 0.25) is 10.3 Å². The highest BCUT2D eigenvalue weighted by atomic mass is 79.9. The summed E-state index contributed by atoms with van der Waals surface area (Å²) in [6.07, 6.45) is 0.383. The predicted molar refractivity (Wildman–Crippen MR) is 91.4 cm³/mol. The van der Waals surface area contributed by atoms with Gasteiger partial charge >= 0.3 is 0 Å². The molecule has 1 unspecified atom stereocenters. The quantitative estimate of drug-likeness (QED) is 0.596. The van der Waals surface area contributed by atoms with E-state index in [2.05, 4.69) is 37.3 Å². The number of nitrogens with one attached hydrogen (secondary N) is 1. The molecule has 1 saturated heterocycles. The van der Waals surface area contributed by atoms with Gasteiger partial charge in [0.05, 0.1) is 22.0 Å². The van der Waals surface area contributed by atoms with E-state index in [4.69, 9.17) is 28.5 Å². The Bertz CT molecular complexity index is 810. The van der Waals surface area contributed by atoms with Crippen molar-refractivity contribution < 1.29 is 4.39 Å². The van der Waals surface area contributed by atoms with Gasteiger partial charge in [-0.3, -0.25) is 0 Å². The van der Waals surface area contributed by atoms with E-state index >= 15 is 0 Å². The highest BCUT2D eigenvalue weighted by molar-refractivity contribution is 9.10. The van der Waals surface area contributed by atoms with Crippen molar-refractivity contribution in [2.75, 3.05) is 24.5 Å². The molecule has 0 amide bonds. The first-order chi connectivity index (χ1) is 11.0. The Labute approximate surface area is 150 Å². The largest absolute Gasteiger partial charge is 0.353 e. The van der Waals surface area contributed by atoms with Crippen LogP contribution in [0, 0.1) is 17.1 Å². The molecule has 1 aromatic heterocycles. The molecule has 5 nitrogen and oxygen atoms in total. The molecule has 2 heterocycles. The summed E-state index contributed by atoms with van der Waals surface area (Å²) >= 11 is 15.2. The molecule has 1 fully saturated rings. The standard InChI is InChI=1S/C14H11BrCl2FN5/c15-10-9(16)5-8-12(11(10)18)21-14(17)22-13(8)23-4-3-20-7(6-23)1-2-19/h5,7,20H,1,3-4,6H2. The van der Waals surface area contributed by atoms with Crippen molar-refractivity contribution in [3.63, 3.8) is 0 Å². The van der Waals surface area contributed by atoms with Gasteiger partial charge in [0.25, 0.3) is 0 Å². The number of aromatic nitrogens is 2. The van der Waals surface area contributed by atoms with Gasteiger partial charge in [-0.05, 0) is 33.6 Å². The Morgan fingerprint density at radius 1 is 1.48 bits per heavy atom. The highest BCUT2D eigenvalue weighted by Gasteiger charge is 2.24. The third-order valence-electron chi connectivity index (χ3n) is 3.67. The van der Waals surface area contributed by atoms with E-state index in [1.165, 1.54) is 0 Å². The molecule has 0 aliphatic carbocycles. The molecular weight excluding hydrogens is 408 g/mol. The third kappa shape index (κ3) is 3.22. The molecule has 0 radical (unpaired) electrons. The molecule has 1 N–H and O–H groups in total. The summed E-state index contributed by atoms with van der Waals surface area (Å²) in [5.74, 6) is -0.0421. The van der Waals surface area contributed by atoms with Crippen LogP contribution in [0.3, 0.4) is 0 Å². The summed E-state index contributed by atoms with van der Waals surface area (Å²) in [6, 6.07) is 3.79. The molecule has 1 aromatic carbocycles. The van der Waals surface area contributed by atoms with Gasteiger partial charge in [0.2, 0.25) is 5.28 Å². The van der Waals surface area contributed by atoms with E-state index in [0.717, 1.165) is 0 Å². The summed E-state index contributed by atoms with van der Waals surface area (Å²) in [7, 11) is 0. The Morgan fingerprint density at radius 3 is 3.00 bits per heavy atom. The van der Waals surface area contributed by atoms with Gasteiger partial charge in [0, 0.05) is 31.1 Å². The van der Waals surface area contributed by atoms with Crippen molar-refractivity contribution in [2.24, 2.45) is 0 Å². The summed E-state index contributed by atoms with van der Waals surface area (Å²) in [4.78, 5) is 10.2. The van der Waals surface area contributed by atoms with E-state index in [1.807, 2.05) is 4.90 Å². The Kier molecular flexibility index (Phi) is 4.87. The van der Waals surface area contributed by atoms with Crippen molar-refractivity contribution in [3.8, 4) is 6.07 Å². The topological polar surface area (TPSA) is 64.8 Å². The number of nitriles is 1. The van der Waals surface area contributed by atoms with Gasteiger partial charge in [-0.2, -0.15) is 10.2 Å². The first-order valence-electron chi connectivity index (χ1n) is 6.87. The smallest absolute Gasteiger partial charge is 0.225 e. The first-order valence-corrected chi connectivity index (χ1v) is 8.42. The fourth-order valence-electron chi connectivity index (χ4n) is 2.64. The van der Waals surface area contributed by atoms with Crippen molar-refractivity contribution >= 4 is 55.9 Å². The van der Waals surface area contributed by atoms with Gasteiger partial charge in [0.1, 0.15) is 11.3 Å². The minimum Gasteiger partial charge on any atom is -0.353 e. The van der Waals surface area contributed by atoms with Crippen LogP contribution in [-0.4, -0.2) is 35.6 Å². The lowest BCUT2D eigenvalue weighted by atomic mass is 10.1. The molecular formula is C14H11BrCl2FN5. The first kappa shape index (κ1) is 16.7. The molecule has 1 atom stereocenters. The van der Waals surface area contributed by atoms with Crippen LogP contribution in [0.25, 0.3) is 10.9 Å². The second-order valence-corrected chi connectivity index (χ2v) is 6.70. The van der Waals surface area contributed by atoms with E-state index in [1.54, 1.807) is 6.07 Å². The lowest BCUT2D eigenvalue weighted by molar-refractivity contribution is 0.461. The number of benzene rings is 1. The fraction of sp³-hybridized carbons (Fsp3) is 0.357. The molecule has 3 rings (SSSR count). The summed E-state index contributed by atoms with van der Waals surface area (Å²) < 4.78 is 14.6. The lowest BCUT2D eigenvalue weighted by Crippen LogP contribution is -2.51. The van der Waals surface area contributed by atoms with Crippen LogP contribution < -0.4 is 10.2 Å². The molecule has 0 saturated carbocycles. The number of rotatable bonds is 2. The molecule has 120 valence electrons. The summed E-state index contributed by atoms with van der Waals surface area (Å²) in [6.45, 7) is 1.94. The molecule has 0 bridgehead atoms. The van der Waals surface area contributed by atoms with Crippen LogP contribution in [-0.2, 0) is 0 Å². The lowest BCUT2D eigenvalue weighted by Gasteiger charge is -2.34. The molecule has 9 heteroatoms. The van der Waals surface area contributed by atoms with E-state index in [0.29, 0.717) is 37.3 Å². The maximum absolute atomic E-state index is 14.4. The Morgan fingerprint density at radius 2 is 2.26 bits per heavy atom. The van der Waals surface area contributed by atoms with Crippen molar-refractivity contribution in [3.05, 3.63) is 26.7 Å². The third-order valence-corrected chi connectivity index (χ3v) is 5.14. The number of piperazine rings is 1. The van der Waals surface area contributed by atoms with Gasteiger partial charge < -0.3 is 10.2 Å². The number of hydrogen-bond donors (Lipinski definition) is 1. The zero-order valence-corrected chi connectivity index (χ0v) is 14.9. The molecule has 23 heavy (non-hydrogen) atoms. The van der Waals surface area contributed by atoms with Crippen LogP contribution in [0.15, 0.2) is 10.5 Å².